The second-order valence-electron chi connectivity index (χ2n) is 7.25. The quantitative estimate of drug-likeness (QED) is 0.356. The maximum Gasteiger partial charge on any atom is 0.266 e. The number of amides is 1. The predicted molar refractivity (Wildman–Crippen MR) is 122 cm³/mol. The first-order chi connectivity index (χ1) is 15.7. The molecule has 0 spiro atoms. The molecule has 5 nitrogen and oxygen atoms in total. The Hall–Kier alpha value is -3.58. The summed E-state index contributed by atoms with van der Waals surface area (Å²) in [6.45, 7) is 1.39. The molecular formula is C25H22FN3O2S. The molecule has 0 aliphatic carbocycles. The smallest absolute Gasteiger partial charge is 0.266 e. The van der Waals surface area contributed by atoms with Crippen LogP contribution in [-0.4, -0.2) is 27.4 Å². The monoisotopic (exact) mass is 447 g/mol. The second kappa shape index (κ2) is 10.6. The summed E-state index contributed by atoms with van der Waals surface area (Å²) in [5.74, 6) is 0.428. The molecular weight excluding hydrogens is 425 g/mol. The number of halogens is 1. The largest absolute Gasteiger partial charge is 0.493 e. The fourth-order valence-corrected chi connectivity index (χ4v) is 3.86. The van der Waals surface area contributed by atoms with Crippen LogP contribution in [-0.2, 0) is 19.5 Å². The summed E-state index contributed by atoms with van der Waals surface area (Å²) in [5, 5.41) is 0. The van der Waals surface area contributed by atoms with Gasteiger partial charge in [0.2, 0.25) is 0 Å². The molecule has 0 saturated heterocycles. The Bertz CT molecular complexity index is 1140. The minimum absolute atomic E-state index is 0.0630. The third-order valence-electron chi connectivity index (χ3n) is 4.90. The zero-order valence-corrected chi connectivity index (χ0v) is 18.2. The number of ether oxygens (including phenoxy) is 1. The van der Waals surface area contributed by atoms with Gasteiger partial charge in [-0.15, -0.1) is 11.3 Å². The molecule has 7 heteroatoms. The van der Waals surface area contributed by atoms with Crippen molar-refractivity contribution in [1.29, 1.82) is 0 Å². The Labute approximate surface area is 190 Å². The number of carbonyl (C=O) groups is 1. The minimum Gasteiger partial charge on any atom is -0.493 e. The number of hydrogen-bond donors (Lipinski definition) is 0. The molecule has 0 saturated carbocycles. The van der Waals surface area contributed by atoms with E-state index < -0.39 is 0 Å². The summed E-state index contributed by atoms with van der Waals surface area (Å²) in [7, 11) is 0. The van der Waals surface area contributed by atoms with Gasteiger partial charge in [-0.3, -0.25) is 14.8 Å². The van der Waals surface area contributed by atoms with E-state index in [0.717, 1.165) is 22.4 Å². The van der Waals surface area contributed by atoms with Crippen molar-refractivity contribution < 1.29 is 13.9 Å². The van der Waals surface area contributed by atoms with Gasteiger partial charge in [-0.1, -0.05) is 24.3 Å². The van der Waals surface area contributed by atoms with Gasteiger partial charge in [-0.05, 0) is 53.1 Å². The van der Waals surface area contributed by atoms with Crippen molar-refractivity contribution in [3.63, 3.8) is 0 Å². The standard InChI is InChI=1S/C25H22FN3O2S/c26-22-6-4-19(5-7-22)10-13-31-23-3-1-2-21(14-23)17-29(16-20-8-11-27-12-9-20)25(30)24-15-28-18-32-24/h1-9,11-12,14-15,18H,10,13,16-17H2. The lowest BCUT2D eigenvalue weighted by Gasteiger charge is -2.22. The van der Waals surface area contributed by atoms with E-state index in [4.69, 9.17) is 4.74 Å². The van der Waals surface area contributed by atoms with Gasteiger partial charge >= 0.3 is 0 Å². The van der Waals surface area contributed by atoms with E-state index in [0.29, 0.717) is 31.0 Å². The van der Waals surface area contributed by atoms with E-state index in [2.05, 4.69) is 9.97 Å². The Balaban J connectivity index is 1.43. The van der Waals surface area contributed by atoms with Gasteiger partial charge in [0.25, 0.3) is 5.91 Å². The number of aromatic nitrogens is 2. The van der Waals surface area contributed by atoms with Crippen LogP contribution in [0.3, 0.4) is 0 Å². The van der Waals surface area contributed by atoms with Crippen LogP contribution in [0.2, 0.25) is 0 Å². The van der Waals surface area contributed by atoms with Crippen molar-refractivity contribution in [2.45, 2.75) is 19.5 Å². The molecule has 4 rings (SSSR count). The van der Waals surface area contributed by atoms with Crippen LogP contribution in [0.5, 0.6) is 5.75 Å². The molecule has 0 aliphatic rings. The Morgan fingerprint density at radius 3 is 2.47 bits per heavy atom. The number of thiazole rings is 1. The van der Waals surface area contributed by atoms with E-state index in [1.807, 2.05) is 36.4 Å². The Kier molecular flexibility index (Phi) is 7.19. The van der Waals surface area contributed by atoms with Crippen LogP contribution in [0.1, 0.15) is 26.4 Å². The first kappa shape index (κ1) is 21.6. The highest BCUT2D eigenvalue weighted by Gasteiger charge is 2.18. The average molecular weight is 448 g/mol. The van der Waals surface area contributed by atoms with E-state index in [9.17, 15) is 9.18 Å². The van der Waals surface area contributed by atoms with Crippen molar-refractivity contribution >= 4 is 17.2 Å². The third-order valence-corrected chi connectivity index (χ3v) is 5.66. The lowest BCUT2D eigenvalue weighted by molar-refractivity contribution is 0.0734. The third kappa shape index (κ3) is 5.98. The predicted octanol–water partition coefficient (Wildman–Crippen LogP) is 5.14. The normalized spacial score (nSPS) is 10.7. The number of benzene rings is 2. The SMILES string of the molecule is O=C(c1cncs1)N(Cc1ccncc1)Cc1cccc(OCCc2ccc(F)cc2)c1. The first-order valence-corrected chi connectivity index (χ1v) is 11.1. The molecule has 2 aromatic carbocycles. The van der Waals surface area contributed by atoms with Crippen LogP contribution in [0.4, 0.5) is 4.39 Å². The highest BCUT2D eigenvalue weighted by molar-refractivity contribution is 7.11. The molecule has 0 unspecified atom stereocenters. The second-order valence-corrected chi connectivity index (χ2v) is 8.14. The van der Waals surface area contributed by atoms with Gasteiger partial charge in [0.1, 0.15) is 16.4 Å². The molecule has 0 fully saturated rings. The molecule has 0 N–H and O–H groups in total. The number of rotatable bonds is 9. The van der Waals surface area contributed by atoms with Crippen LogP contribution in [0, 0.1) is 5.82 Å². The molecule has 1 amide bonds. The fraction of sp³-hybridized carbons (Fsp3) is 0.160. The number of hydrogen-bond acceptors (Lipinski definition) is 5. The molecule has 0 aliphatic heterocycles. The molecule has 162 valence electrons. The fourth-order valence-electron chi connectivity index (χ4n) is 3.28. The van der Waals surface area contributed by atoms with Gasteiger partial charge in [0.05, 0.1) is 18.3 Å². The van der Waals surface area contributed by atoms with Crippen molar-refractivity contribution in [1.82, 2.24) is 14.9 Å². The molecule has 32 heavy (non-hydrogen) atoms. The minimum atomic E-state index is -0.244. The van der Waals surface area contributed by atoms with E-state index in [1.54, 1.807) is 41.1 Å². The van der Waals surface area contributed by atoms with Crippen LogP contribution in [0.15, 0.2) is 84.8 Å². The number of pyridine rings is 1. The first-order valence-electron chi connectivity index (χ1n) is 10.2. The summed E-state index contributed by atoms with van der Waals surface area (Å²) in [4.78, 5) is 23.6. The molecule has 0 bridgehead atoms. The maximum atomic E-state index is 13.1. The molecule has 4 aromatic rings. The van der Waals surface area contributed by atoms with Gasteiger partial charge in [-0.2, -0.15) is 0 Å². The van der Waals surface area contributed by atoms with E-state index in [1.165, 1.54) is 23.5 Å². The number of nitrogens with zero attached hydrogens (tertiary/aromatic N) is 3. The summed E-state index contributed by atoms with van der Waals surface area (Å²) < 4.78 is 18.9. The zero-order valence-electron chi connectivity index (χ0n) is 17.4. The Morgan fingerprint density at radius 2 is 1.72 bits per heavy atom. The summed E-state index contributed by atoms with van der Waals surface area (Å²) >= 11 is 1.33. The summed E-state index contributed by atoms with van der Waals surface area (Å²) in [6, 6.07) is 18.0. The highest BCUT2D eigenvalue weighted by atomic mass is 32.1. The molecule has 2 heterocycles. The number of carbonyl (C=O) groups excluding carboxylic acids is 1. The molecule has 2 aromatic heterocycles. The van der Waals surface area contributed by atoms with Crippen LogP contribution < -0.4 is 4.74 Å². The van der Waals surface area contributed by atoms with E-state index in [-0.39, 0.29) is 11.7 Å². The highest BCUT2D eigenvalue weighted by Crippen LogP contribution is 2.19. The van der Waals surface area contributed by atoms with Gasteiger partial charge in [0.15, 0.2) is 0 Å². The van der Waals surface area contributed by atoms with Crippen molar-refractivity contribution in [2.24, 2.45) is 0 Å². The van der Waals surface area contributed by atoms with E-state index >= 15 is 0 Å². The maximum absolute atomic E-state index is 13.1. The van der Waals surface area contributed by atoms with Crippen LogP contribution in [0.25, 0.3) is 0 Å². The topological polar surface area (TPSA) is 55.3 Å². The lowest BCUT2D eigenvalue weighted by Crippen LogP contribution is -2.29. The van der Waals surface area contributed by atoms with Crippen molar-refractivity contribution in [3.05, 3.63) is 112 Å². The van der Waals surface area contributed by atoms with Gasteiger partial charge in [-0.25, -0.2) is 4.39 Å². The molecule has 0 atom stereocenters. The average Bonchev–Trinajstić information content (AvgIpc) is 3.36. The summed E-state index contributed by atoms with van der Waals surface area (Å²) in [5.41, 5.74) is 4.65. The zero-order chi connectivity index (χ0) is 22.2. The molecule has 0 radical (unpaired) electrons. The van der Waals surface area contributed by atoms with Gasteiger partial charge in [0, 0.05) is 31.9 Å². The summed E-state index contributed by atoms with van der Waals surface area (Å²) in [6.07, 6.45) is 5.73. The lowest BCUT2D eigenvalue weighted by atomic mass is 10.1. The Morgan fingerprint density at radius 1 is 0.938 bits per heavy atom. The van der Waals surface area contributed by atoms with Crippen molar-refractivity contribution in [3.8, 4) is 5.75 Å². The van der Waals surface area contributed by atoms with Crippen molar-refractivity contribution in [2.75, 3.05) is 6.61 Å². The van der Waals surface area contributed by atoms with Gasteiger partial charge < -0.3 is 9.64 Å². The van der Waals surface area contributed by atoms with Crippen LogP contribution >= 0.6 is 11.3 Å².